The molecule has 0 aromatic carbocycles. The lowest BCUT2D eigenvalue weighted by atomic mass is 10.00. The Balaban J connectivity index is 2.90. The summed E-state index contributed by atoms with van der Waals surface area (Å²) in [6.45, 7) is 5.73. The Labute approximate surface area is 72.0 Å². The summed E-state index contributed by atoms with van der Waals surface area (Å²) >= 11 is 0. The number of nitrogens with zero attached hydrogens (tertiary/aromatic N) is 1. The van der Waals surface area contributed by atoms with Gasteiger partial charge in [0, 0.05) is 17.7 Å². The summed E-state index contributed by atoms with van der Waals surface area (Å²) in [6.07, 6.45) is 3.41. The van der Waals surface area contributed by atoms with E-state index >= 15 is 0 Å². The van der Waals surface area contributed by atoms with E-state index in [1.165, 1.54) is 17.1 Å². The smallest absolute Gasteiger partial charge is 0.254 e. The average Bonchev–Trinajstić information content (AvgIpc) is 2.31. The van der Waals surface area contributed by atoms with E-state index in [9.17, 15) is 9.59 Å². The Morgan fingerprint density at radius 3 is 2.00 bits per heavy atom. The van der Waals surface area contributed by atoms with Crippen LogP contribution in [0.2, 0.25) is 0 Å². The molecule has 0 atom stereocenters. The Kier molecular flexibility index (Phi) is 2.04. The SMILES string of the molecule is CCC(C)(C)N1C(=O)C=CC1=O. The van der Waals surface area contributed by atoms with E-state index < -0.39 is 0 Å². The molecular formula is C9H13NO2. The maximum Gasteiger partial charge on any atom is 0.254 e. The molecule has 0 saturated heterocycles. The molecule has 66 valence electrons. The number of imide groups is 1. The number of hydrogen-bond donors (Lipinski definition) is 0. The Hall–Kier alpha value is -1.12. The molecule has 1 aliphatic heterocycles. The highest BCUT2D eigenvalue weighted by molar-refractivity contribution is 6.13. The van der Waals surface area contributed by atoms with E-state index in [1.54, 1.807) is 0 Å². The molecule has 0 aromatic rings. The normalized spacial score (nSPS) is 17.8. The Morgan fingerprint density at radius 2 is 1.67 bits per heavy atom. The van der Waals surface area contributed by atoms with Crippen LogP contribution in [0.25, 0.3) is 0 Å². The Bertz CT molecular complexity index is 235. The first-order chi connectivity index (χ1) is 5.49. The number of hydrogen-bond acceptors (Lipinski definition) is 2. The lowest BCUT2D eigenvalue weighted by molar-refractivity contribution is -0.142. The third-order valence-electron chi connectivity index (χ3n) is 2.28. The molecule has 1 aliphatic rings. The van der Waals surface area contributed by atoms with Crippen molar-refractivity contribution in [1.82, 2.24) is 4.90 Å². The first kappa shape index (κ1) is 8.97. The maximum atomic E-state index is 11.2. The number of carbonyl (C=O) groups excluding carboxylic acids is 2. The van der Waals surface area contributed by atoms with Crippen LogP contribution in [-0.4, -0.2) is 22.3 Å². The van der Waals surface area contributed by atoms with Crippen molar-refractivity contribution in [3.8, 4) is 0 Å². The number of amides is 2. The summed E-state index contributed by atoms with van der Waals surface area (Å²) in [6, 6.07) is 0. The summed E-state index contributed by atoms with van der Waals surface area (Å²) in [7, 11) is 0. The standard InChI is InChI=1S/C9H13NO2/c1-4-9(2,3)10-7(11)5-6-8(10)12/h5-6H,4H2,1-3H3. The van der Waals surface area contributed by atoms with Crippen molar-refractivity contribution < 1.29 is 9.59 Å². The second kappa shape index (κ2) is 2.73. The molecule has 1 heterocycles. The van der Waals surface area contributed by atoms with Gasteiger partial charge < -0.3 is 0 Å². The predicted molar refractivity (Wildman–Crippen MR) is 45.4 cm³/mol. The van der Waals surface area contributed by atoms with Crippen LogP contribution in [-0.2, 0) is 9.59 Å². The third kappa shape index (κ3) is 1.26. The van der Waals surface area contributed by atoms with Crippen molar-refractivity contribution in [3.05, 3.63) is 12.2 Å². The van der Waals surface area contributed by atoms with Crippen molar-refractivity contribution >= 4 is 11.8 Å². The first-order valence-electron chi connectivity index (χ1n) is 4.05. The molecular weight excluding hydrogens is 154 g/mol. The zero-order valence-corrected chi connectivity index (χ0v) is 7.63. The minimum absolute atomic E-state index is 0.202. The van der Waals surface area contributed by atoms with Crippen LogP contribution in [0.15, 0.2) is 12.2 Å². The monoisotopic (exact) mass is 167 g/mol. The highest BCUT2D eigenvalue weighted by Crippen LogP contribution is 2.22. The van der Waals surface area contributed by atoms with Crippen LogP contribution in [0.5, 0.6) is 0 Å². The zero-order chi connectivity index (χ0) is 9.35. The highest BCUT2D eigenvalue weighted by atomic mass is 16.2. The van der Waals surface area contributed by atoms with E-state index in [-0.39, 0.29) is 17.4 Å². The molecule has 0 saturated carbocycles. The molecule has 12 heavy (non-hydrogen) atoms. The summed E-state index contributed by atoms with van der Waals surface area (Å²) < 4.78 is 0. The Morgan fingerprint density at radius 1 is 1.25 bits per heavy atom. The van der Waals surface area contributed by atoms with Crippen LogP contribution in [0.4, 0.5) is 0 Å². The molecule has 3 nitrogen and oxygen atoms in total. The first-order valence-corrected chi connectivity index (χ1v) is 4.05. The molecule has 0 bridgehead atoms. The van der Waals surface area contributed by atoms with Crippen molar-refractivity contribution in [1.29, 1.82) is 0 Å². The van der Waals surface area contributed by atoms with Crippen molar-refractivity contribution in [2.75, 3.05) is 0 Å². The van der Waals surface area contributed by atoms with Gasteiger partial charge in [-0.3, -0.25) is 14.5 Å². The minimum atomic E-state index is -0.363. The molecule has 0 unspecified atom stereocenters. The molecule has 3 heteroatoms. The fourth-order valence-corrected chi connectivity index (χ4v) is 1.15. The van der Waals surface area contributed by atoms with Gasteiger partial charge in [-0.2, -0.15) is 0 Å². The molecule has 0 spiro atoms. The highest BCUT2D eigenvalue weighted by Gasteiger charge is 2.35. The molecule has 0 N–H and O–H groups in total. The molecule has 0 aromatic heterocycles. The predicted octanol–water partition coefficient (Wildman–Crippen LogP) is 1.10. The largest absolute Gasteiger partial charge is 0.270 e. The topological polar surface area (TPSA) is 37.4 Å². The summed E-state index contributed by atoms with van der Waals surface area (Å²) in [4.78, 5) is 23.7. The van der Waals surface area contributed by atoms with Crippen LogP contribution in [0.3, 0.4) is 0 Å². The molecule has 0 aliphatic carbocycles. The quantitative estimate of drug-likeness (QED) is 0.577. The maximum absolute atomic E-state index is 11.2. The van der Waals surface area contributed by atoms with Crippen molar-refractivity contribution in [2.24, 2.45) is 0 Å². The van der Waals surface area contributed by atoms with Crippen molar-refractivity contribution in [2.45, 2.75) is 32.7 Å². The summed E-state index contributed by atoms with van der Waals surface area (Å²) in [5.41, 5.74) is -0.363. The van der Waals surface area contributed by atoms with Gasteiger partial charge in [0.05, 0.1) is 0 Å². The minimum Gasteiger partial charge on any atom is -0.270 e. The van der Waals surface area contributed by atoms with Gasteiger partial charge in [-0.1, -0.05) is 6.92 Å². The van der Waals surface area contributed by atoms with Gasteiger partial charge in [-0.05, 0) is 20.3 Å². The van der Waals surface area contributed by atoms with Crippen LogP contribution >= 0.6 is 0 Å². The van der Waals surface area contributed by atoms with Crippen LogP contribution in [0, 0.1) is 0 Å². The number of rotatable bonds is 2. The van der Waals surface area contributed by atoms with Gasteiger partial charge in [0.25, 0.3) is 11.8 Å². The lowest BCUT2D eigenvalue weighted by Gasteiger charge is -2.32. The molecule has 0 radical (unpaired) electrons. The average molecular weight is 167 g/mol. The van der Waals surface area contributed by atoms with E-state index in [0.717, 1.165) is 6.42 Å². The van der Waals surface area contributed by atoms with Gasteiger partial charge >= 0.3 is 0 Å². The van der Waals surface area contributed by atoms with Gasteiger partial charge in [0.2, 0.25) is 0 Å². The summed E-state index contributed by atoms with van der Waals surface area (Å²) in [5.74, 6) is -0.404. The van der Waals surface area contributed by atoms with Crippen LogP contribution in [0.1, 0.15) is 27.2 Å². The lowest BCUT2D eigenvalue weighted by Crippen LogP contribution is -2.47. The second-order valence-corrected chi connectivity index (χ2v) is 3.51. The fourth-order valence-electron chi connectivity index (χ4n) is 1.15. The zero-order valence-electron chi connectivity index (χ0n) is 7.63. The number of carbonyl (C=O) groups is 2. The molecule has 1 rings (SSSR count). The van der Waals surface area contributed by atoms with Gasteiger partial charge in [0.15, 0.2) is 0 Å². The molecule has 0 fully saturated rings. The van der Waals surface area contributed by atoms with E-state index in [0.29, 0.717) is 0 Å². The fraction of sp³-hybridized carbons (Fsp3) is 0.556. The van der Waals surface area contributed by atoms with Gasteiger partial charge in [-0.25, -0.2) is 0 Å². The van der Waals surface area contributed by atoms with E-state index in [4.69, 9.17) is 0 Å². The second-order valence-electron chi connectivity index (χ2n) is 3.51. The van der Waals surface area contributed by atoms with Crippen LogP contribution < -0.4 is 0 Å². The van der Waals surface area contributed by atoms with Gasteiger partial charge in [-0.15, -0.1) is 0 Å². The van der Waals surface area contributed by atoms with Crippen molar-refractivity contribution in [3.63, 3.8) is 0 Å². The third-order valence-corrected chi connectivity index (χ3v) is 2.28. The van der Waals surface area contributed by atoms with Gasteiger partial charge in [0.1, 0.15) is 0 Å². The van der Waals surface area contributed by atoms with E-state index in [2.05, 4.69) is 0 Å². The summed E-state index contributed by atoms with van der Waals surface area (Å²) in [5, 5.41) is 0. The molecule has 2 amide bonds. The van der Waals surface area contributed by atoms with E-state index in [1.807, 2.05) is 20.8 Å².